The SMILES string of the molecule is CC(C)CC1(C)OB(c2cc(Cl)c3c(c2)CC(=O)N3)OC1(C)C. The lowest BCUT2D eigenvalue weighted by atomic mass is 9.78. The van der Waals surface area contributed by atoms with Crippen molar-refractivity contribution < 1.29 is 14.1 Å². The number of carbonyl (C=O) groups excluding carboxylic acids is 1. The maximum Gasteiger partial charge on any atom is 0.494 e. The largest absolute Gasteiger partial charge is 0.494 e. The van der Waals surface area contributed by atoms with Crippen LogP contribution in [0.2, 0.25) is 5.02 Å². The van der Waals surface area contributed by atoms with Gasteiger partial charge in [0, 0.05) is 0 Å². The fraction of sp³-hybridized carbons (Fsp3) is 0.588. The van der Waals surface area contributed by atoms with Crippen LogP contribution >= 0.6 is 11.6 Å². The first-order valence-corrected chi connectivity index (χ1v) is 8.47. The van der Waals surface area contributed by atoms with Crippen LogP contribution in [0.3, 0.4) is 0 Å². The molecular weight excluding hydrogens is 312 g/mol. The molecule has 0 aromatic heterocycles. The highest BCUT2D eigenvalue weighted by atomic mass is 35.5. The second kappa shape index (κ2) is 5.50. The van der Waals surface area contributed by atoms with Gasteiger partial charge >= 0.3 is 7.12 Å². The standard InChI is InChI=1S/C17H23BClNO3/c1-10(2)9-17(5)16(3,4)22-18(23-17)12-6-11-7-14(21)20-15(11)13(19)8-12/h6,8,10H,7,9H2,1-5H3,(H,20,21). The zero-order chi connectivity index (χ0) is 17.0. The minimum Gasteiger partial charge on any atom is -0.399 e. The normalized spacial score (nSPS) is 25.9. The van der Waals surface area contributed by atoms with Gasteiger partial charge in [0.15, 0.2) is 0 Å². The Bertz CT molecular complexity index is 661. The molecule has 1 unspecified atom stereocenters. The summed E-state index contributed by atoms with van der Waals surface area (Å²) in [6.45, 7) is 10.6. The molecule has 1 aromatic carbocycles. The molecule has 1 aromatic rings. The molecule has 0 aliphatic carbocycles. The smallest absolute Gasteiger partial charge is 0.399 e. The summed E-state index contributed by atoms with van der Waals surface area (Å²) in [5.74, 6) is 0.476. The van der Waals surface area contributed by atoms with Gasteiger partial charge in [-0.05, 0) is 50.2 Å². The Morgan fingerprint density at radius 2 is 2.00 bits per heavy atom. The van der Waals surface area contributed by atoms with Crippen molar-refractivity contribution >= 4 is 35.8 Å². The Morgan fingerprint density at radius 3 is 2.65 bits per heavy atom. The second-order valence-electron chi connectivity index (χ2n) is 7.67. The Balaban J connectivity index is 1.91. The number of hydrogen-bond donors (Lipinski definition) is 1. The third kappa shape index (κ3) is 2.90. The fourth-order valence-corrected chi connectivity index (χ4v) is 3.76. The van der Waals surface area contributed by atoms with Crippen molar-refractivity contribution in [3.63, 3.8) is 0 Å². The number of hydrogen-bond acceptors (Lipinski definition) is 3. The highest BCUT2D eigenvalue weighted by Gasteiger charge is 2.54. The van der Waals surface area contributed by atoms with Gasteiger partial charge in [-0.15, -0.1) is 0 Å². The molecular formula is C17H23BClNO3. The van der Waals surface area contributed by atoms with Gasteiger partial charge in [-0.2, -0.15) is 0 Å². The molecule has 0 bridgehead atoms. The van der Waals surface area contributed by atoms with Crippen molar-refractivity contribution in [2.75, 3.05) is 5.32 Å². The van der Waals surface area contributed by atoms with Crippen molar-refractivity contribution in [1.82, 2.24) is 0 Å². The molecule has 0 spiro atoms. The first-order valence-electron chi connectivity index (χ1n) is 8.09. The predicted octanol–water partition coefficient (Wildman–Crippen LogP) is 3.16. The van der Waals surface area contributed by atoms with Crippen LogP contribution in [-0.2, 0) is 20.5 Å². The molecule has 1 saturated heterocycles. The van der Waals surface area contributed by atoms with Gasteiger partial charge in [-0.1, -0.05) is 31.5 Å². The maximum absolute atomic E-state index is 11.6. The number of nitrogens with one attached hydrogen (secondary N) is 1. The summed E-state index contributed by atoms with van der Waals surface area (Å²) in [6.07, 6.45) is 1.26. The summed E-state index contributed by atoms with van der Waals surface area (Å²) >= 11 is 6.32. The molecule has 1 fully saturated rings. The minimum atomic E-state index is -0.466. The number of carbonyl (C=O) groups is 1. The van der Waals surface area contributed by atoms with Crippen molar-refractivity contribution in [2.24, 2.45) is 5.92 Å². The van der Waals surface area contributed by atoms with E-state index in [1.165, 1.54) is 0 Å². The lowest BCUT2D eigenvalue weighted by Gasteiger charge is -2.37. The van der Waals surface area contributed by atoms with E-state index in [9.17, 15) is 4.79 Å². The molecule has 0 radical (unpaired) electrons. The number of amides is 1. The highest BCUT2D eigenvalue weighted by Crippen LogP contribution is 2.42. The third-order valence-corrected chi connectivity index (χ3v) is 5.22. The molecule has 6 heteroatoms. The summed E-state index contributed by atoms with van der Waals surface area (Å²) in [5, 5.41) is 3.32. The molecule has 2 aliphatic heterocycles. The Labute approximate surface area is 143 Å². The summed E-state index contributed by atoms with van der Waals surface area (Å²) in [4.78, 5) is 11.6. The highest BCUT2D eigenvalue weighted by molar-refractivity contribution is 6.62. The van der Waals surface area contributed by atoms with Crippen LogP contribution in [0.4, 0.5) is 5.69 Å². The van der Waals surface area contributed by atoms with Crippen LogP contribution in [0.1, 0.15) is 46.6 Å². The van der Waals surface area contributed by atoms with Gasteiger partial charge in [0.2, 0.25) is 5.91 Å². The molecule has 1 atom stereocenters. The monoisotopic (exact) mass is 335 g/mol. The van der Waals surface area contributed by atoms with Crippen LogP contribution in [0.15, 0.2) is 12.1 Å². The van der Waals surface area contributed by atoms with Crippen LogP contribution in [0, 0.1) is 5.92 Å². The van der Waals surface area contributed by atoms with Crippen molar-refractivity contribution in [2.45, 2.75) is 58.7 Å². The Kier molecular flexibility index (Phi) is 4.02. The number of rotatable bonds is 3. The molecule has 124 valence electrons. The first kappa shape index (κ1) is 16.8. The van der Waals surface area contributed by atoms with Crippen molar-refractivity contribution in [3.05, 3.63) is 22.7 Å². The second-order valence-corrected chi connectivity index (χ2v) is 8.08. The van der Waals surface area contributed by atoms with E-state index in [1.807, 2.05) is 12.1 Å². The topological polar surface area (TPSA) is 47.6 Å². The Hall–Kier alpha value is -1.04. The fourth-order valence-electron chi connectivity index (χ4n) is 3.46. The van der Waals surface area contributed by atoms with E-state index < -0.39 is 12.7 Å². The van der Waals surface area contributed by atoms with Crippen LogP contribution in [-0.4, -0.2) is 24.2 Å². The van der Waals surface area contributed by atoms with Gasteiger partial charge in [-0.25, -0.2) is 0 Å². The predicted molar refractivity (Wildman–Crippen MR) is 93.3 cm³/mol. The summed E-state index contributed by atoms with van der Waals surface area (Å²) < 4.78 is 12.5. The summed E-state index contributed by atoms with van der Waals surface area (Å²) in [6, 6.07) is 3.79. The Morgan fingerprint density at radius 1 is 1.30 bits per heavy atom. The van der Waals surface area contributed by atoms with Crippen LogP contribution in [0.25, 0.3) is 0 Å². The number of fused-ring (bicyclic) bond motifs is 1. The number of anilines is 1. The molecule has 2 heterocycles. The minimum absolute atomic E-state index is 0.0303. The van der Waals surface area contributed by atoms with E-state index in [1.54, 1.807) is 0 Å². The molecule has 4 nitrogen and oxygen atoms in total. The average molecular weight is 336 g/mol. The van der Waals surface area contributed by atoms with E-state index in [-0.39, 0.29) is 11.5 Å². The lowest BCUT2D eigenvalue weighted by Crippen LogP contribution is -2.45. The molecule has 3 rings (SSSR count). The summed E-state index contributed by atoms with van der Waals surface area (Å²) in [5.41, 5.74) is 1.71. The van der Waals surface area contributed by atoms with Crippen LogP contribution < -0.4 is 10.8 Å². The zero-order valence-electron chi connectivity index (χ0n) is 14.3. The van der Waals surface area contributed by atoms with Gasteiger partial charge in [0.1, 0.15) is 0 Å². The van der Waals surface area contributed by atoms with Gasteiger partial charge in [-0.3, -0.25) is 4.79 Å². The van der Waals surface area contributed by atoms with E-state index in [0.717, 1.165) is 17.4 Å². The van der Waals surface area contributed by atoms with E-state index in [2.05, 4.69) is 39.9 Å². The van der Waals surface area contributed by atoms with E-state index >= 15 is 0 Å². The molecule has 1 amide bonds. The van der Waals surface area contributed by atoms with Gasteiger partial charge in [0.05, 0.1) is 28.3 Å². The number of halogens is 1. The number of benzene rings is 1. The van der Waals surface area contributed by atoms with Gasteiger partial charge < -0.3 is 14.6 Å². The molecule has 1 N–H and O–H groups in total. The average Bonchev–Trinajstić information content (AvgIpc) is 2.87. The third-order valence-electron chi connectivity index (χ3n) is 4.92. The van der Waals surface area contributed by atoms with Crippen molar-refractivity contribution in [3.8, 4) is 0 Å². The zero-order valence-corrected chi connectivity index (χ0v) is 15.1. The molecule has 0 saturated carbocycles. The summed E-state index contributed by atoms with van der Waals surface area (Å²) in [7, 11) is -0.466. The quantitative estimate of drug-likeness (QED) is 0.863. The van der Waals surface area contributed by atoms with Crippen molar-refractivity contribution in [1.29, 1.82) is 0 Å². The van der Waals surface area contributed by atoms with Gasteiger partial charge in [0.25, 0.3) is 0 Å². The first-order chi connectivity index (χ1) is 10.6. The van der Waals surface area contributed by atoms with Crippen LogP contribution in [0.5, 0.6) is 0 Å². The lowest BCUT2D eigenvalue weighted by molar-refractivity contribution is -0.115. The van der Waals surface area contributed by atoms with E-state index in [0.29, 0.717) is 23.0 Å². The maximum atomic E-state index is 11.6. The molecule has 23 heavy (non-hydrogen) atoms. The molecule has 2 aliphatic rings. The van der Waals surface area contributed by atoms with E-state index in [4.69, 9.17) is 20.9 Å².